The van der Waals surface area contributed by atoms with Crippen LogP contribution in [0.1, 0.15) is 30.1 Å². The molecule has 1 heterocycles. The molecule has 0 bridgehead atoms. The Bertz CT molecular complexity index is 633. The van der Waals surface area contributed by atoms with Crippen LogP contribution in [0.5, 0.6) is 0 Å². The van der Waals surface area contributed by atoms with Crippen molar-refractivity contribution < 1.29 is 9.59 Å². The summed E-state index contributed by atoms with van der Waals surface area (Å²) in [6, 6.07) is 6.73. The Morgan fingerprint density at radius 1 is 1.07 bits per heavy atom. The second-order valence-electron chi connectivity index (χ2n) is 5.97. The van der Waals surface area contributed by atoms with Crippen molar-refractivity contribution in [3.63, 3.8) is 0 Å². The highest BCUT2D eigenvalue weighted by Gasteiger charge is 2.17. The number of hydrogen-bond donors (Lipinski definition) is 3. The number of likely N-dealkylation sites (tertiary alicyclic amines) is 1. The number of aliphatic imine (C=N–C) groups is 1. The average molecular weight is 508 g/mol. The molecule has 3 N–H and O–H groups in total. The molecule has 0 atom stereocenters. The SMILES string of the molecule is CCNC(=NCC(=O)N1CCCC1)NCCNC(=O)c1ccc(Cl)cc1.I. The predicted molar refractivity (Wildman–Crippen MR) is 119 cm³/mol. The molecule has 0 aliphatic carbocycles. The van der Waals surface area contributed by atoms with Gasteiger partial charge in [-0.3, -0.25) is 9.59 Å². The molecule has 1 saturated heterocycles. The number of carbonyl (C=O) groups excluding carboxylic acids is 2. The summed E-state index contributed by atoms with van der Waals surface area (Å²) in [5.41, 5.74) is 0.561. The van der Waals surface area contributed by atoms with E-state index >= 15 is 0 Å². The van der Waals surface area contributed by atoms with Crippen LogP contribution in [-0.4, -0.2) is 61.9 Å². The largest absolute Gasteiger partial charge is 0.357 e. The van der Waals surface area contributed by atoms with E-state index in [4.69, 9.17) is 11.6 Å². The minimum atomic E-state index is -0.158. The lowest BCUT2D eigenvalue weighted by Crippen LogP contribution is -2.42. The van der Waals surface area contributed by atoms with Crippen LogP contribution in [-0.2, 0) is 4.79 Å². The quantitative estimate of drug-likeness (QED) is 0.228. The van der Waals surface area contributed by atoms with Gasteiger partial charge in [-0.05, 0) is 44.0 Å². The zero-order valence-corrected chi connectivity index (χ0v) is 18.5. The van der Waals surface area contributed by atoms with Gasteiger partial charge in [-0.1, -0.05) is 11.6 Å². The fourth-order valence-corrected chi connectivity index (χ4v) is 2.74. The number of benzene rings is 1. The molecule has 150 valence electrons. The van der Waals surface area contributed by atoms with Crippen molar-refractivity contribution in [3.8, 4) is 0 Å². The summed E-state index contributed by atoms with van der Waals surface area (Å²) < 4.78 is 0. The van der Waals surface area contributed by atoms with Crippen LogP contribution >= 0.6 is 35.6 Å². The molecular weight excluding hydrogens is 481 g/mol. The monoisotopic (exact) mass is 507 g/mol. The van der Waals surface area contributed by atoms with E-state index in [-0.39, 0.29) is 42.3 Å². The molecular formula is C18H27ClIN5O2. The Kier molecular flexibility index (Phi) is 11.1. The van der Waals surface area contributed by atoms with Gasteiger partial charge in [0.15, 0.2) is 5.96 Å². The Hall–Kier alpha value is -1.55. The Morgan fingerprint density at radius 3 is 2.33 bits per heavy atom. The summed E-state index contributed by atoms with van der Waals surface area (Å²) in [7, 11) is 0. The molecule has 9 heteroatoms. The van der Waals surface area contributed by atoms with Gasteiger partial charge in [0.05, 0.1) is 0 Å². The molecule has 0 saturated carbocycles. The van der Waals surface area contributed by atoms with Crippen LogP contribution in [0.15, 0.2) is 29.3 Å². The van der Waals surface area contributed by atoms with Crippen molar-refractivity contribution in [2.75, 3.05) is 39.3 Å². The standard InChI is InChI=1S/C18H26ClN5O2.HI/c1-2-20-18(23-13-16(25)24-11-3-4-12-24)22-10-9-21-17(26)14-5-7-15(19)8-6-14;/h5-8H,2-4,9-13H2,1H3,(H,21,26)(H2,20,22,23);1H. The fraction of sp³-hybridized carbons (Fsp3) is 0.500. The molecule has 1 aromatic carbocycles. The lowest BCUT2D eigenvalue weighted by atomic mass is 10.2. The van der Waals surface area contributed by atoms with Crippen molar-refractivity contribution in [2.24, 2.45) is 4.99 Å². The van der Waals surface area contributed by atoms with E-state index < -0.39 is 0 Å². The van der Waals surface area contributed by atoms with Gasteiger partial charge in [0.25, 0.3) is 5.91 Å². The second kappa shape index (κ2) is 12.8. The number of guanidine groups is 1. The highest BCUT2D eigenvalue weighted by Crippen LogP contribution is 2.09. The number of carbonyl (C=O) groups is 2. The fourth-order valence-electron chi connectivity index (χ4n) is 2.62. The summed E-state index contributed by atoms with van der Waals surface area (Å²) in [5, 5.41) is 9.63. The van der Waals surface area contributed by atoms with Gasteiger partial charge in [-0.15, -0.1) is 24.0 Å². The van der Waals surface area contributed by atoms with E-state index in [1.165, 1.54) is 0 Å². The van der Waals surface area contributed by atoms with E-state index in [2.05, 4.69) is 20.9 Å². The molecule has 1 aliphatic rings. The van der Waals surface area contributed by atoms with Crippen molar-refractivity contribution in [1.29, 1.82) is 0 Å². The van der Waals surface area contributed by atoms with Crippen LogP contribution in [0.3, 0.4) is 0 Å². The zero-order chi connectivity index (χ0) is 18.8. The van der Waals surface area contributed by atoms with Gasteiger partial charge in [-0.25, -0.2) is 4.99 Å². The van der Waals surface area contributed by atoms with Gasteiger partial charge >= 0.3 is 0 Å². The number of rotatable bonds is 7. The van der Waals surface area contributed by atoms with Crippen LogP contribution < -0.4 is 16.0 Å². The number of nitrogens with one attached hydrogen (secondary N) is 3. The summed E-state index contributed by atoms with van der Waals surface area (Å²) in [6.07, 6.45) is 2.14. The molecule has 0 aromatic heterocycles. The summed E-state index contributed by atoms with van der Waals surface area (Å²) in [5.74, 6) is 0.464. The van der Waals surface area contributed by atoms with Crippen molar-refractivity contribution in [1.82, 2.24) is 20.9 Å². The van der Waals surface area contributed by atoms with Crippen LogP contribution in [0.4, 0.5) is 0 Å². The van der Waals surface area contributed by atoms with Gasteiger partial charge in [0.1, 0.15) is 6.54 Å². The first-order chi connectivity index (χ1) is 12.6. The van der Waals surface area contributed by atoms with Crippen molar-refractivity contribution in [3.05, 3.63) is 34.9 Å². The maximum Gasteiger partial charge on any atom is 0.251 e. The number of hydrogen-bond acceptors (Lipinski definition) is 3. The molecule has 1 aromatic rings. The summed E-state index contributed by atoms with van der Waals surface area (Å²) in [4.78, 5) is 30.2. The molecule has 0 radical (unpaired) electrons. The zero-order valence-electron chi connectivity index (χ0n) is 15.5. The smallest absolute Gasteiger partial charge is 0.251 e. The minimum Gasteiger partial charge on any atom is -0.357 e. The third kappa shape index (κ3) is 8.34. The molecule has 7 nitrogen and oxygen atoms in total. The van der Waals surface area contributed by atoms with Crippen molar-refractivity contribution >= 4 is 53.4 Å². The predicted octanol–water partition coefficient (Wildman–Crippen LogP) is 1.87. The first kappa shape index (κ1) is 23.5. The van der Waals surface area contributed by atoms with E-state index in [1.54, 1.807) is 24.3 Å². The lowest BCUT2D eigenvalue weighted by Gasteiger charge is -2.15. The van der Waals surface area contributed by atoms with Gasteiger partial charge in [0, 0.05) is 43.3 Å². The number of nitrogens with zero attached hydrogens (tertiary/aromatic N) is 2. The average Bonchev–Trinajstić information content (AvgIpc) is 3.18. The topological polar surface area (TPSA) is 85.8 Å². The molecule has 27 heavy (non-hydrogen) atoms. The first-order valence-electron chi connectivity index (χ1n) is 8.94. The van der Waals surface area contributed by atoms with E-state index in [0.717, 1.165) is 25.9 Å². The summed E-state index contributed by atoms with van der Waals surface area (Å²) >= 11 is 5.81. The van der Waals surface area contributed by atoms with Crippen molar-refractivity contribution in [2.45, 2.75) is 19.8 Å². The first-order valence-corrected chi connectivity index (χ1v) is 9.31. The van der Waals surface area contributed by atoms with E-state index in [0.29, 0.717) is 36.2 Å². The van der Waals surface area contributed by atoms with E-state index in [1.807, 2.05) is 11.8 Å². The second-order valence-corrected chi connectivity index (χ2v) is 6.41. The van der Waals surface area contributed by atoms with Gasteiger partial charge < -0.3 is 20.9 Å². The maximum absolute atomic E-state index is 12.1. The molecule has 1 fully saturated rings. The van der Waals surface area contributed by atoms with Crippen LogP contribution in [0.25, 0.3) is 0 Å². The number of halogens is 2. The summed E-state index contributed by atoms with van der Waals surface area (Å²) in [6.45, 7) is 5.38. The molecule has 2 rings (SSSR count). The molecule has 2 amide bonds. The molecule has 0 unspecified atom stereocenters. The van der Waals surface area contributed by atoms with Gasteiger partial charge in [0.2, 0.25) is 5.91 Å². The molecule has 0 spiro atoms. The number of amides is 2. The normalized spacial score (nSPS) is 13.7. The van der Waals surface area contributed by atoms with Crippen LogP contribution in [0, 0.1) is 0 Å². The highest BCUT2D eigenvalue weighted by atomic mass is 127. The highest BCUT2D eigenvalue weighted by molar-refractivity contribution is 14.0. The Morgan fingerprint density at radius 2 is 1.70 bits per heavy atom. The Labute approximate surface area is 182 Å². The maximum atomic E-state index is 12.1. The third-order valence-corrected chi connectivity index (χ3v) is 4.24. The third-order valence-electron chi connectivity index (χ3n) is 3.98. The van der Waals surface area contributed by atoms with Gasteiger partial charge in [-0.2, -0.15) is 0 Å². The lowest BCUT2D eigenvalue weighted by molar-refractivity contribution is -0.128. The van der Waals surface area contributed by atoms with Crippen LogP contribution in [0.2, 0.25) is 5.02 Å². The minimum absolute atomic E-state index is 0. The Balaban J connectivity index is 0.00000364. The molecule has 1 aliphatic heterocycles. The van der Waals surface area contributed by atoms with E-state index in [9.17, 15) is 9.59 Å².